The number of hydrogen-bond donors (Lipinski definition) is 2. The Bertz CT molecular complexity index is 759. The van der Waals surface area contributed by atoms with Crippen LogP contribution in [0.3, 0.4) is 0 Å². The first kappa shape index (κ1) is 17.2. The normalized spacial score (nSPS) is 14.6. The van der Waals surface area contributed by atoms with E-state index in [-0.39, 0.29) is 23.8 Å². The second-order valence-corrected chi connectivity index (χ2v) is 6.98. The predicted octanol–water partition coefficient (Wildman–Crippen LogP) is 2.88. The monoisotopic (exact) mass is 336 g/mol. The van der Waals surface area contributed by atoms with Crippen LogP contribution in [0.25, 0.3) is 0 Å². The fourth-order valence-electron chi connectivity index (χ4n) is 3.21. The molecule has 0 bridgehead atoms. The molecule has 0 aromatic heterocycles. The van der Waals surface area contributed by atoms with Gasteiger partial charge in [0.2, 0.25) is 5.91 Å². The van der Waals surface area contributed by atoms with E-state index in [2.05, 4.69) is 22.8 Å². The summed E-state index contributed by atoms with van der Waals surface area (Å²) in [5, 5.41) is 5.66. The first-order valence-electron chi connectivity index (χ1n) is 8.67. The summed E-state index contributed by atoms with van der Waals surface area (Å²) in [6.45, 7) is 4.52. The summed E-state index contributed by atoms with van der Waals surface area (Å²) in [6, 6.07) is 16.0. The van der Waals surface area contributed by atoms with Crippen molar-refractivity contribution in [2.24, 2.45) is 0 Å². The van der Waals surface area contributed by atoms with Gasteiger partial charge in [0, 0.05) is 17.5 Å². The average Bonchev–Trinajstić information content (AvgIpc) is 3.39. The molecule has 4 heteroatoms. The molecule has 0 unspecified atom stereocenters. The molecule has 25 heavy (non-hydrogen) atoms. The predicted molar refractivity (Wildman–Crippen MR) is 98.6 cm³/mol. The Balaban J connectivity index is 1.49. The van der Waals surface area contributed by atoms with E-state index in [9.17, 15) is 9.59 Å². The Morgan fingerprint density at radius 1 is 0.960 bits per heavy atom. The number of benzene rings is 2. The van der Waals surface area contributed by atoms with Crippen molar-refractivity contribution in [1.82, 2.24) is 10.6 Å². The lowest BCUT2D eigenvalue weighted by molar-refractivity contribution is -0.120. The molecule has 130 valence electrons. The zero-order chi connectivity index (χ0) is 17.9. The molecule has 2 aromatic rings. The van der Waals surface area contributed by atoms with E-state index in [4.69, 9.17) is 0 Å². The van der Waals surface area contributed by atoms with Crippen LogP contribution in [-0.2, 0) is 10.2 Å². The van der Waals surface area contributed by atoms with Gasteiger partial charge in [-0.3, -0.25) is 9.59 Å². The third-order valence-corrected chi connectivity index (χ3v) is 4.76. The van der Waals surface area contributed by atoms with Crippen LogP contribution in [0.15, 0.2) is 48.5 Å². The van der Waals surface area contributed by atoms with E-state index >= 15 is 0 Å². The molecule has 0 saturated heterocycles. The van der Waals surface area contributed by atoms with Crippen LogP contribution in [0, 0.1) is 13.8 Å². The highest BCUT2D eigenvalue weighted by molar-refractivity contribution is 5.96. The average molecular weight is 336 g/mol. The van der Waals surface area contributed by atoms with Gasteiger partial charge in [0.05, 0.1) is 6.54 Å². The van der Waals surface area contributed by atoms with Crippen LogP contribution < -0.4 is 10.6 Å². The Labute approximate surface area is 148 Å². The van der Waals surface area contributed by atoms with Crippen LogP contribution in [-0.4, -0.2) is 24.9 Å². The van der Waals surface area contributed by atoms with Gasteiger partial charge >= 0.3 is 0 Å². The van der Waals surface area contributed by atoms with Gasteiger partial charge in [0.25, 0.3) is 5.91 Å². The molecular weight excluding hydrogens is 312 g/mol. The molecule has 0 heterocycles. The smallest absolute Gasteiger partial charge is 0.251 e. The molecule has 0 aliphatic heterocycles. The van der Waals surface area contributed by atoms with Crippen LogP contribution in [0.4, 0.5) is 0 Å². The van der Waals surface area contributed by atoms with Crippen molar-refractivity contribution in [1.29, 1.82) is 0 Å². The van der Waals surface area contributed by atoms with Gasteiger partial charge in [0.15, 0.2) is 0 Å². The lowest BCUT2D eigenvalue weighted by Crippen LogP contribution is -2.40. The minimum atomic E-state index is -0.217. The van der Waals surface area contributed by atoms with Gasteiger partial charge in [-0.15, -0.1) is 0 Å². The number of nitrogens with one attached hydrogen (secondary N) is 2. The molecule has 1 aliphatic rings. The van der Waals surface area contributed by atoms with E-state index in [1.807, 2.05) is 50.2 Å². The summed E-state index contributed by atoms with van der Waals surface area (Å²) in [4.78, 5) is 24.3. The summed E-state index contributed by atoms with van der Waals surface area (Å²) in [7, 11) is 0. The van der Waals surface area contributed by atoms with Crippen molar-refractivity contribution >= 4 is 11.8 Å². The van der Waals surface area contributed by atoms with Crippen molar-refractivity contribution in [3.05, 3.63) is 70.8 Å². The summed E-state index contributed by atoms with van der Waals surface area (Å²) in [5.74, 6) is -0.369. The third-order valence-electron chi connectivity index (χ3n) is 4.76. The molecule has 4 nitrogen and oxygen atoms in total. The standard InChI is InChI=1S/C21H24N2O2/c1-15-10-16(2)12-17(11-15)20(25)22-13-19(24)23-14-21(8-9-21)18-6-4-3-5-7-18/h3-7,10-12H,8-9,13-14H2,1-2H3,(H,22,25)(H,23,24). The Hall–Kier alpha value is -2.62. The fraction of sp³-hybridized carbons (Fsp3) is 0.333. The Kier molecular flexibility index (Phi) is 4.88. The SMILES string of the molecule is Cc1cc(C)cc(C(=O)NCC(=O)NCC2(c3ccccc3)CC2)c1. The first-order chi connectivity index (χ1) is 12.0. The van der Waals surface area contributed by atoms with Gasteiger partial charge in [-0.1, -0.05) is 47.5 Å². The number of amides is 2. The lowest BCUT2D eigenvalue weighted by Gasteiger charge is -2.16. The van der Waals surface area contributed by atoms with Gasteiger partial charge in [-0.05, 0) is 44.4 Å². The fourth-order valence-corrected chi connectivity index (χ4v) is 3.21. The molecular formula is C21H24N2O2. The van der Waals surface area contributed by atoms with Gasteiger partial charge in [0.1, 0.15) is 0 Å². The molecule has 0 spiro atoms. The van der Waals surface area contributed by atoms with Gasteiger partial charge in [-0.25, -0.2) is 0 Å². The molecule has 0 radical (unpaired) electrons. The maximum Gasteiger partial charge on any atom is 0.251 e. The number of carbonyl (C=O) groups excluding carboxylic acids is 2. The summed E-state index contributed by atoms with van der Waals surface area (Å²) < 4.78 is 0. The first-order valence-corrected chi connectivity index (χ1v) is 8.67. The number of hydrogen-bond acceptors (Lipinski definition) is 2. The Morgan fingerprint density at radius 3 is 2.20 bits per heavy atom. The number of carbonyl (C=O) groups is 2. The molecule has 3 rings (SSSR count). The molecule has 0 atom stereocenters. The number of rotatable bonds is 6. The highest BCUT2D eigenvalue weighted by atomic mass is 16.2. The molecule has 2 N–H and O–H groups in total. The summed E-state index contributed by atoms with van der Waals surface area (Å²) >= 11 is 0. The molecule has 2 amide bonds. The van der Waals surface area contributed by atoms with E-state index in [0.29, 0.717) is 12.1 Å². The summed E-state index contributed by atoms with van der Waals surface area (Å²) in [6.07, 6.45) is 2.18. The van der Waals surface area contributed by atoms with Crippen molar-refractivity contribution in [3.8, 4) is 0 Å². The maximum absolute atomic E-state index is 12.2. The van der Waals surface area contributed by atoms with Crippen LogP contribution in [0.1, 0.15) is 39.9 Å². The maximum atomic E-state index is 12.2. The largest absolute Gasteiger partial charge is 0.354 e. The molecule has 1 saturated carbocycles. The van der Waals surface area contributed by atoms with Crippen molar-refractivity contribution < 1.29 is 9.59 Å². The van der Waals surface area contributed by atoms with Gasteiger partial charge < -0.3 is 10.6 Å². The van der Waals surface area contributed by atoms with Crippen molar-refractivity contribution in [2.75, 3.05) is 13.1 Å². The third kappa shape index (κ3) is 4.27. The second kappa shape index (κ2) is 7.09. The Morgan fingerprint density at radius 2 is 1.60 bits per heavy atom. The molecule has 1 fully saturated rings. The zero-order valence-corrected chi connectivity index (χ0v) is 14.8. The van der Waals surface area contributed by atoms with Crippen LogP contribution >= 0.6 is 0 Å². The van der Waals surface area contributed by atoms with Gasteiger partial charge in [-0.2, -0.15) is 0 Å². The van der Waals surface area contributed by atoms with E-state index in [0.717, 1.165) is 24.0 Å². The lowest BCUT2D eigenvalue weighted by atomic mass is 9.96. The van der Waals surface area contributed by atoms with Crippen molar-refractivity contribution in [2.45, 2.75) is 32.1 Å². The second-order valence-electron chi connectivity index (χ2n) is 6.98. The minimum absolute atomic E-state index is 0.00328. The highest BCUT2D eigenvalue weighted by Gasteiger charge is 2.44. The topological polar surface area (TPSA) is 58.2 Å². The van der Waals surface area contributed by atoms with E-state index in [1.165, 1.54) is 5.56 Å². The zero-order valence-electron chi connectivity index (χ0n) is 14.8. The van der Waals surface area contributed by atoms with E-state index < -0.39 is 0 Å². The van der Waals surface area contributed by atoms with Crippen LogP contribution in [0.2, 0.25) is 0 Å². The summed E-state index contributed by atoms with van der Waals surface area (Å²) in [5.41, 5.74) is 4.01. The van der Waals surface area contributed by atoms with Crippen LogP contribution in [0.5, 0.6) is 0 Å². The van der Waals surface area contributed by atoms with E-state index in [1.54, 1.807) is 0 Å². The minimum Gasteiger partial charge on any atom is -0.354 e. The molecule has 2 aromatic carbocycles. The quantitative estimate of drug-likeness (QED) is 0.852. The highest BCUT2D eigenvalue weighted by Crippen LogP contribution is 2.47. The molecule has 1 aliphatic carbocycles. The number of aryl methyl sites for hydroxylation is 2. The van der Waals surface area contributed by atoms with Crippen molar-refractivity contribution in [3.63, 3.8) is 0 Å².